The lowest BCUT2D eigenvalue weighted by Gasteiger charge is -2.24. The molecule has 1 nitrogen and oxygen atoms in total. The van der Waals surface area contributed by atoms with Gasteiger partial charge in [-0.3, -0.25) is 0 Å². The highest BCUT2D eigenvalue weighted by molar-refractivity contribution is 6.09. The zero-order valence-electron chi connectivity index (χ0n) is 24.1. The summed E-state index contributed by atoms with van der Waals surface area (Å²) in [5.41, 5.74) is 19.6. The van der Waals surface area contributed by atoms with Crippen molar-refractivity contribution in [2.75, 3.05) is 0 Å². The van der Waals surface area contributed by atoms with Gasteiger partial charge in [0, 0.05) is 16.5 Å². The Morgan fingerprint density at radius 2 is 0.750 bits per heavy atom. The third kappa shape index (κ3) is 3.24. The first-order valence-corrected chi connectivity index (χ1v) is 15.4. The number of fused-ring (bicyclic) bond motifs is 14. The number of hydrogen-bond acceptors (Lipinski definition) is 0. The summed E-state index contributed by atoms with van der Waals surface area (Å²) in [4.78, 5) is 0. The predicted molar refractivity (Wildman–Crippen MR) is 184 cm³/mol. The van der Waals surface area contributed by atoms with Crippen molar-refractivity contribution >= 4 is 21.8 Å². The van der Waals surface area contributed by atoms with Gasteiger partial charge in [0.05, 0.1) is 11.0 Å². The van der Waals surface area contributed by atoms with Crippen LogP contribution in [0.4, 0.5) is 0 Å². The average Bonchev–Trinajstić information content (AvgIpc) is 3.62. The summed E-state index contributed by atoms with van der Waals surface area (Å²) in [5.74, 6) is 0. The Balaban J connectivity index is 1.24. The van der Waals surface area contributed by atoms with Gasteiger partial charge in [0.2, 0.25) is 0 Å². The Kier molecular flexibility index (Phi) is 4.84. The van der Waals surface area contributed by atoms with Crippen molar-refractivity contribution in [3.63, 3.8) is 0 Å². The monoisotopic (exact) mass is 557 g/mol. The molecule has 0 amide bonds. The molecule has 0 unspecified atom stereocenters. The highest BCUT2D eigenvalue weighted by Crippen LogP contribution is 2.51. The molecule has 0 atom stereocenters. The van der Waals surface area contributed by atoms with Crippen molar-refractivity contribution in [1.82, 2.24) is 4.57 Å². The largest absolute Gasteiger partial charge is 0.309 e. The molecule has 1 aromatic heterocycles. The van der Waals surface area contributed by atoms with Gasteiger partial charge < -0.3 is 4.57 Å². The number of benzene rings is 7. The second-order valence-corrected chi connectivity index (χ2v) is 12.1. The van der Waals surface area contributed by atoms with E-state index in [0.29, 0.717) is 0 Å². The smallest absolute Gasteiger partial charge is 0.0541 e. The Hall–Kier alpha value is -5.66. The van der Waals surface area contributed by atoms with Crippen LogP contribution in [0.3, 0.4) is 0 Å². The van der Waals surface area contributed by atoms with E-state index in [1.807, 2.05) is 0 Å². The van der Waals surface area contributed by atoms with Gasteiger partial charge in [0.15, 0.2) is 0 Å². The van der Waals surface area contributed by atoms with Crippen LogP contribution in [0.25, 0.3) is 83.1 Å². The van der Waals surface area contributed by atoms with E-state index in [1.165, 1.54) is 94.3 Å². The molecule has 2 aliphatic rings. The molecule has 0 bridgehead atoms. The van der Waals surface area contributed by atoms with Crippen LogP contribution in [0.2, 0.25) is 0 Å². The third-order valence-electron chi connectivity index (χ3n) is 9.79. The Morgan fingerprint density at radius 1 is 0.318 bits per heavy atom. The fourth-order valence-electron chi connectivity index (χ4n) is 7.86. The van der Waals surface area contributed by atoms with E-state index in [0.717, 1.165) is 6.42 Å². The fraction of sp³-hybridized carbons (Fsp3) is 0.0233. The summed E-state index contributed by atoms with van der Waals surface area (Å²) in [7, 11) is 0. The van der Waals surface area contributed by atoms with Crippen LogP contribution in [0.1, 0.15) is 11.1 Å². The molecule has 204 valence electrons. The highest BCUT2D eigenvalue weighted by atomic mass is 15.0. The number of nitrogens with zero attached hydrogens (tertiary/aromatic N) is 1. The van der Waals surface area contributed by atoms with Gasteiger partial charge in [-0.1, -0.05) is 115 Å². The topological polar surface area (TPSA) is 4.93 Å². The zero-order chi connectivity index (χ0) is 28.8. The molecule has 2 aliphatic carbocycles. The highest BCUT2D eigenvalue weighted by Gasteiger charge is 2.27. The minimum Gasteiger partial charge on any atom is -0.309 e. The van der Waals surface area contributed by atoms with Crippen molar-refractivity contribution in [3.8, 4) is 61.3 Å². The molecule has 0 fully saturated rings. The van der Waals surface area contributed by atoms with E-state index >= 15 is 0 Å². The minimum absolute atomic E-state index is 0.950. The van der Waals surface area contributed by atoms with E-state index in [-0.39, 0.29) is 0 Å². The first-order chi connectivity index (χ1) is 21.8. The summed E-state index contributed by atoms with van der Waals surface area (Å²) in [6.45, 7) is 0. The maximum atomic E-state index is 2.48. The number of rotatable bonds is 1. The molecule has 1 heterocycles. The molecule has 44 heavy (non-hydrogen) atoms. The van der Waals surface area contributed by atoms with Gasteiger partial charge in [-0.2, -0.15) is 0 Å². The van der Waals surface area contributed by atoms with Crippen LogP contribution >= 0.6 is 0 Å². The Morgan fingerprint density at radius 3 is 1.30 bits per heavy atom. The molecule has 10 rings (SSSR count). The summed E-state index contributed by atoms with van der Waals surface area (Å²) >= 11 is 0. The Bertz CT molecular complexity index is 2420. The Labute approximate surface area is 256 Å². The maximum absolute atomic E-state index is 2.48. The number of aromatic nitrogens is 1. The van der Waals surface area contributed by atoms with Gasteiger partial charge in [-0.25, -0.2) is 0 Å². The molecular weight excluding hydrogens is 530 g/mol. The summed E-state index contributed by atoms with van der Waals surface area (Å²) < 4.78 is 2.43. The lowest BCUT2D eigenvalue weighted by molar-refractivity contribution is 1.17. The predicted octanol–water partition coefficient (Wildman–Crippen LogP) is 11.3. The van der Waals surface area contributed by atoms with Crippen molar-refractivity contribution in [2.24, 2.45) is 0 Å². The number of para-hydroxylation sites is 2. The molecule has 8 aromatic rings. The quantitative estimate of drug-likeness (QED) is 0.189. The molecule has 0 saturated heterocycles. The summed E-state index contributed by atoms with van der Waals surface area (Å²) in [6.07, 6.45) is 0.950. The van der Waals surface area contributed by atoms with E-state index < -0.39 is 0 Å². The number of hydrogen-bond donors (Lipinski definition) is 0. The van der Waals surface area contributed by atoms with Crippen molar-refractivity contribution < 1.29 is 0 Å². The standard InChI is InChI=1S/C43H27N/c1-2-12-31-30(11-1)32-13-3-5-15-34(32)40-24-28-23-27-21-22-29(25-38(27)39(28)26-41(40)35-16-6-4-14-33(31)35)44-42-19-9-7-17-36(42)37-18-8-10-20-43(37)44/h1-22,24-26H,23H2. The molecule has 7 aromatic carbocycles. The van der Waals surface area contributed by atoms with Crippen LogP contribution in [0, 0.1) is 0 Å². The first-order valence-electron chi connectivity index (χ1n) is 15.4. The van der Waals surface area contributed by atoms with Crippen LogP contribution < -0.4 is 0 Å². The van der Waals surface area contributed by atoms with Gasteiger partial charge in [0.1, 0.15) is 0 Å². The third-order valence-corrected chi connectivity index (χ3v) is 9.79. The molecule has 0 aliphatic heterocycles. The van der Waals surface area contributed by atoms with E-state index in [2.05, 4.69) is 156 Å². The van der Waals surface area contributed by atoms with Crippen LogP contribution in [-0.2, 0) is 6.42 Å². The van der Waals surface area contributed by atoms with E-state index in [1.54, 1.807) is 0 Å². The molecular formula is C43H27N. The molecule has 1 heteroatoms. The fourth-order valence-corrected chi connectivity index (χ4v) is 7.86. The summed E-state index contributed by atoms with van der Waals surface area (Å²) in [5, 5.41) is 2.59. The molecule has 0 spiro atoms. The first kappa shape index (κ1) is 23.9. The SMILES string of the molecule is c1ccc2c(c1)-c1ccccc1-c1cc3c(cc1-c1ccccc1-2)-c1cc(-n2c4ccccc4c4ccccc42)ccc1C3. The molecule has 0 N–H and O–H groups in total. The van der Waals surface area contributed by atoms with E-state index in [9.17, 15) is 0 Å². The van der Waals surface area contributed by atoms with Crippen LogP contribution in [0.5, 0.6) is 0 Å². The second kappa shape index (κ2) is 8.92. The maximum Gasteiger partial charge on any atom is 0.0541 e. The van der Waals surface area contributed by atoms with Crippen LogP contribution in [0.15, 0.2) is 152 Å². The normalized spacial score (nSPS) is 12.5. The van der Waals surface area contributed by atoms with Crippen LogP contribution in [-0.4, -0.2) is 4.57 Å². The lowest BCUT2D eigenvalue weighted by Crippen LogP contribution is -1.98. The van der Waals surface area contributed by atoms with Crippen molar-refractivity contribution in [2.45, 2.75) is 6.42 Å². The summed E-state index contributed by atoms with van der Waals surface area (Å²) in [6, 6.07) is 56.3. The van der Waals surface area contributed by atoms with Crippen molar-refractivity contribution in [1.29, 1.82) is 0 Å². The van der Waals surface area contributed by atoms with Crippen molar-refractivity contribution in [3.05, 3.63) is 163 Å². The minimum atomic E-state index is 0.950. The molecule has 0 saturated carbocycles. The second-order valence-electron chi connectivity index (χ2n) is 12.1. The van der Waals surface area contributed by atoms with E-state index in [4.69, 9.17) is 0 Å². The lowest BCUT2D eigenvalue weighted by atomic mass is 9.80. The molecule has 0 radical (unpaired) electrons. The van der Waals surface area contributed by atoms with Gasteiger partial charge in [-0.05, 0) is 110 Å². The average molecular weight is 558 g/mol. The van der Waals surface area contributed by atoms with Gasteiger partial charge in [0.25, 0.3) is 0 Å². The van der Waals surface area contributed by atoms with Gasteiger partial charge >= 0.3 is 0 Å². The van der Waals surface area contributed by atoms with Gasteiger partial charge in [-0.15, -0.1) is 0 Å². The zero-order valence-corrected chi connectivity index (χ0v) is 24.1.